The standard InChI is InChI=1S/C7H11N3O/c1-5-3-4-6(2)10(5)9-7(8)11/h3-4H,1-2H3,(H3,8,9,11). The summed E-state index contributed by atoms with van der Waals surface area (Å²) in [6.45, 7) is 3.78. The van der Waals surface area contributed by atoms with Gasteiger partial charge in [-0.1, -0.05) is 0 Å². The second-order valence-electron chi connectivity index (χ2n) is 2.43. The molecule has 4 nitrogen and oxygen atoms in total. The Kier molecular flexibility index (Phi) is 1.85. The Morgan fingerprint density at radius 2 is 1.91 bits per heavy atom. The molecule has 60 valence electrons. The molecule has 3 N–H and O–H groups in total. The molecule has 1 heterocycles. The fourth-order valence-electron chi connectivity index (χ4n) is 0.955. The lowest BCUT2D eigenvalue weighted by molar-refractivity contribution is 0.256. The molecule has 2 amide bonds. The highest BCUT2D eigenvalue weighted by Gasteiger charge is 2.00. The second kappa shape index (κ2) is 2.65. The largest absolute Gasteiger partial charge is 0.350 e. The molecule has 0 fully saturated rings. The Morgan fingerprint density at radius 1 is 1.45 bits per heavy atom. The topological polar surface area (TPSA) is 60.1 Å². The molecule has 0 aliphatic rings. The summed E-state index contributed by atoms with van der Waals surface area (Å²) in [4.78, 5) is 10.5. The summed E-state index contributed by atoms with van der Waals surface area (Å²) in [5.74, 6) is 0. The van der Waals surface area contributed by atoms with Crippen LogP contribution >= 0.6 is 0 Å². The molecule has 4 heteroatoms. The number of primary amides is 1. The van der Waals surface area contributed by atoms with Crippen molar-refractivity contribution in [3.8, 4) is 0 Å². The molecule has 0 radical (unpaired) electrons. The SMILES string of the molecule is Cc1ccc(C)n1NC(N)=O. The summed E-state index contributed by atoms with van der Waals surface area (Å²) in [5, 5.41) is 0. The van der Waals surface area contributed by atoms with E-state index in [9.17, 15) is 4.79 Å². The quantitative estimate of drug-likeness (QED) is 0.613. The average molecular weight is 153 g/mol. The van der Waals surface area contributed by atoms with Gasteiger partial charge in [0.2, 0.25) is 0 Å². The molecule has 1 aromatic rings. The zero-order valence-electron chi connectivity index (χ0n) is 6.59. The van der Waals surface area contributed by atoms with Crippen LogP contribution in [0.1, 0.15) is 11.4 Å². The maximum Gasteiger partial charge on any atom is 0.331 e. The summed E-state index contributed by atoms with van der Waals surface area (Å²) >= 11 is 0. The van der Waals surface area contributed by atoms with E-state index in [1.807, 2.05) is 26.0 Å². The third-order valence-electron chi connectivity index (χ3n) is 1.49. The number of amides is 2. The molecule has 0 aliphatic carbocycles. The van der Waals surface area contributed by atoms with Gasteiger partial charge in [0.15, 0.2) is 0 Å². The minimum absolute atomic E-state index is 0.549. The molecule has 1 aromatic heterocycles. The van der Waals surface area contributed by atoms with E-state index in [0.29, 0.717) is 0 Å². The predicted molar refractivity (Wildman–Crippen MR) is 42.9 cm³/mol. The zero-order chi connectivity index (χ0) is 8.43. The smallest absolute Gasteiger partial charge is 0.331 e. The number of aryl methyl sites for hydroxylation is 2. The molecule has 0 saturated heterocycles. The first-order valence-corrected chi connectivity index (χ1v) is 3.32. The summed E-state index contributed by atoms with van der Waals surface area (Å²) in [6, 6.07) is 3.27. The number of urea groups is 1. The Balaban J connectivity index is 2.92. The number of carbonyl (C=O) groups is 1. The molecule has 1 rings (SSSR count). The molecular weight excluding hydrogens is 142 g/mol. The first kappa shape index (κ1) is 7.65. The van der Waals surface area contributed by atoms with Gasteiger partial charge in [-0.15, -0.1) is 0 Å². The van der Waals surface area contributed by atoms with E-state index in [1.165, 1.54) is 0 Å². The molecule has 0 unspecified atom stereocenters. The third kappa shape index (κ3) is 1.52. The molecule has 0 spiro atoms. The van der Waals surface area contributed by atoms with Crippen LogP contribution in [-0.4, -0.2) is 10.7 Å². The van der Waals surface area contributed by atoms with Crippen molar-refractivity contribution >= 4 is 6.03 Å². The number of rotatable bonds is 1. The van der Waals surface area contributed by atoms with E-state index >= 15 is 0 Å². The fourth-order valence-corrected chi connectivity index (χ4v) is 0.955. The number of aromatic nitrogens is 1. The van der Waals surface area contributed by atoms with Gasteiger partial charge < -0.3 is 5.73 Å². The molecule has 0 aromatic carbocycles. The van der Waals surface area contributed by atoms with E-state index < -0.39 is 6.03 Å². The molecule has 0 saturated carbocycles. The Labute approximate surface area is 65.0 Å². The third-order valence-corrected chi connectivity index (χ3v) is 1.49. The number of nitrogens with zero attached hydrogens (tertiary/aromatic N) is 1. The van der Waals surface area contributed by atoms with Crippen LogP contribution in [0.2, 0.25) is 0 Å². The van der Waals surface area contributed by atoms with E-state index in [4.69, 9.17) is 5.73 Å². The molecule has 0 bridgehead atoms. The Morgan fingerprint density at radius 3 is 2.27 bits per heavy atom. The highest BCUT2D eigenvalue weighted by Crippen LogP contribution is 2.03. The van der Waals surface area contributed by atoms with Gasteiger partial charge in [0.1, 0.15) is 0 Å². The van der Waals surface area contributed by atoms with E-state index in [-0.39, 0.29) is 0 Å². The Bertz CT molecular complexity index is 258. The highest BCUT2D eigenvalue weighted by atomic mass is 16.2. The normalized spacial score (nSPS) is 9.64. The van der Waals surface area contributed by atoms with Crippen LogP contribution in [0.3, 0.4) is 0 Å². The number of nitrogens with two attached hydrogens (primary N) is 1. The van der Waals surface area contributed by atoms with E-state index in [1.54, 1.807) is 4.68 Å². The number of hydrogen-bond acceptors (Lipinski definition) is 1. The van der Waals surface area contributed by atoms with Gasteiger partial charge in [-0.05, 0) is 26.0 Å². The average Bonchev–Trinajstić information content (AvgIpc) is 2.18. The van der Waals surface area contributed by atoms with Gasteiger partial charge >= 0.3 is 6.03 Å². The van der Waals surface area contributed by atoms with Crippen LogP contribution in [0.5, 0.6) is 0 Å². The van der Waals surface area contributed by atoms with Gasteiger partial charge in [-0.3, -0.25) is 4.68 Å². The first-order chi connectivity index (χ1) is 5.11. The summed E-state index contributed by atoms with van der Waals surface area (Å²) in [6.07, 6.45) is 0. The second-order valence-corrected chi connectivity index (χ2v) is 2.43. The van der Waals surface area contributed by atoms with Crippen molar-refractivity contribution < 1.29 is 4.79 Å². The lowest BCUT2D eigenvalue weighted by Gasteiger charge is -2.07. The van der Waals surface area contributed by atoms with Crippen molar-refractivity contribution in [3.63, 3.8) is 0 Å². The molecular formula is C7H11N3O. The molecule has 0 atom stereocenters. The summed E-state index contributed by atoms with van der Waals surface area (Å²) < 4.78 is 1.64. The van der Waals surface area contributed by atoms with Gasteiger partial charge in [-0.2, -0.15) is 0 Å². The van der Waals surface area contributed by atoms with Crippen LogP contribution in [0, 0.1) is 13.8 Å². The van der Waals surface area contributed by atoms with Gasteiger partial charge in [-0.25, -0.2) is 10.2 Å². The maximum absolute atomic E-state index is 10.5. The Hall–Kier alpha value is -1.45. The van der Waals surface area contributed by atoms with Gasteiger partial charge in [0.05, 0.1) is 0 Å². The van der Waals surface area contributed by atoms with Crippen LogP contribution in [-0.2, 0) is 0 Å². The van der Waals surface area contributed by atoms with Crippen molar-refractivity contribution in [3.05, 3.63) is 23.5 Å². The fraction of sp³-hybridized carbons (Fsp3) is 0.286. The minimum Gasteiger partial charge on any atom is -0.350 e. The predicted octanol–water partition coefficient (Wildman–Crippen LogP) is 0.727. The maximum atomic E-state index is 10.5. The van der Waals surface area contributed by atoms with E-state index in [0.717, 1.165) is 11.4 Å². The number of nitrogens with one attached hydrogen (secondary N) is 1. The van der Waals surface area contributed by atoms with Crippen LogP contribution in [0.15, 0.2) is 12.1 Å². The zero-order valence-corrected chi connectivity index (χ0v) is 6.59. The van der Waals surface area contributed by atoms with Crippen molar-refractivity contribution in [1.29, 1.82) is 0 Å². The minimum atomic E-state index is -0.549. The number of hydrogen-bond donors (Lipinski definition) is 2. The van der Waals surface area contributed by atoms with Crippen molar-refractivity contribution in [2.75, 3.05) is 5.43 Å². The first-order valence-electron chi connectivity index (χ1n) is 3.32. The van der Waals surface area contributed by atoms with E-state index in [2.05, 4.69) is 5.43 Å². The van der Waals surface area contributed by atoms with Gasteiger partial charge in [0.25, 0.3) is 0 Å². The lowest BCUT2D eigenvalue weighted by atomic mass is 10.5. The van der Waals surface area contributed by atoms with Crippen LogP contribution < -0.4 is 11.2 Å². The highest BCUT2D eigenvalue weighted by molar-refractivity contribution is 5.80. The van der Waals surface area contributed by atoms with Crippen molar-refractivity contribution in [1.82, 2.24) is 4.68 Å². The molecule has 11 heavy (non-hydrogen) atoms. The molecule has 0 aliphatic heterocycles. The van der Waals surface area contributed by atoms with Crippen molar-refractivity contribution in [2.45, 2.75) is 13.8 Å². The van der Waals surface area contributed by atoms with Crippen LogP contribution in [0.25, 0.3) is 0 Å². The van der Waals surface area contributed by atoms with Gasteiger partial charge in [0, 0.05) is 11.4 Å². The van der Waals surface area contributed by atoms with Crippen LogP contribution in [0.4, 0.5) is 4.79 Å². The van der Waals surface area contributed by atoms with Crippen molar-refractivity contribution in [2.24, 2.45) is 5.73 Å². The summed E-state index contributed by atoms with van der Waals surface area (Å²) in [5.41, 5.74) is 9.35. The lowest BCUT2D eigenvalue weighted by Crippen LogP contribution is -2.29. The monoisotopic (exact) mass is 153 g/mol. The summed E-state index contributed by atoms with van der Waals surface area (Å²) in [7, 11) is 0. The number of carbonyl (C=O) groups excluding carboxylic acids is 1.